The minimum absolute atomic E-state index is 0.0281. The van der Waals surface area contributed by atoms with Crippen molar-refractivity contribution < 1.29 is 37.7 Å². The summed E-state index contributed by atoms with van der Waals surface area (Å²) in [6.07, 6.45) is -0.549. The predicted molar refractivity (Wildman–Crippen MR) is 116 cm³/mol. The summed E-state index contributed by atoms with van der Waals surface area (Å²) in [4.78, 5) is 37.1. The van der Waals surface area contributed by atoms with E-state index >= 15 is 0 Å². The molecular formula is C18H36N2O8P2. The molecule has 0 heterocycles. The Hall–Kier alpha value is -1.37. The normalized spacial score (nSPS) is 12.0. The molecule has 0 unspecified atom stereocenters. The van der Waals surface area contributed by atoms with Crippen LogP contribution in [0.15, 0.2) is 0 Å². The van der Waals surface area contributed by atoms with E-state index in [0.717, 1.165) is 0 Å². The summed E-state index contributed by atoms with van der Waals surface area (Å²) in [6.45, 7) is 10.7. The number of esters is 2. The number of hydrogen-bond acceptors (Lipinski definition) is 9. The van der Waals surface area contributed by atoms with Crippen molar-refractivity contribution in [2.75, 3.05) is 66.1 Å². The quantitative estimate of drug-likeness (QED) is 0.231. The maximum atomic E-state index is 12.3. The number of alkyl carbamates (subject to hydrolysis) is 1. The molecule has 0 radical (unpaired) electrons. The van der Waals surface area contributed by atoms with Crippen LogP contribution in [0.5, 0.6) is 0 Å². The van der Waals surface area contributed by atoms with Crippen molar-refractivity contribution in [2.45, 2.75) is 32.2 Å². The molecule has 30 heavy (non-hydrogen) atoms. The van der Waals surface area contributed by atoms with E-state index in [4.69, 9.17) is 14.2 Å². The van der Waals surface area contributed by atoms with Crippen molar-refractivity contribution in [3.8, 4) is 0 Å². The zero-order valence-electron chi connectivity index (χ0n) is 18.8. The molecule has 0 bridgehead atoms. The van der Waals surface area contributed by atoms with Gasteiger partial charge in [0, 0.05) is 19.6 Å². The second-order valence-corrected chi connectivity index (χ2v) is 14.7. The zero-order chi connectivity index (χ0) is 23.4. The molecule has 0 spiro atoms. The fourth-order valence-corrected chi connectivity index (χ4v) is 8.89. The molecule has 0 aromatic rings. The van der Waals surface area contributed by atoms with Gasteiger partial charge < -0.3 is 28.7 Å². The summed E-state index contributed by atoms with van der Waals surface area (Å²) in [5, 5.41) is 2.45. The lowest BCUT2D eigenvalue weighted by Gasteiger charge is -2.26. The summed E-state index contributed by atoms with van der Waals surface area (Å²) >= 11 is 0. The molecule has 0 aromatic carbocycles. The van der Waals surface area contributed by atoms with Crippen LogP contribution in [0.3, 0.4) is 0 Å². The summed E-state index contributed by atoms with van der Waals surface area (Å²) in [7, 11) is -5.70. The average Bonchev–Trinajstić information content (AvgIpc) is 2.60. The van der Waals surface area contributed by atoms with Gasteiger partial charge in [-0.05, 0) is 40.5 Å². The third kappa shape index (κ3) is 13.0. The monoisotopic (exact) mass is 470 g/mol. The van der Waals surface area contributed by atoms with E-state index in [2.05, 4.69) is 5.32 Å². The van der Waals surface area contributed by atoms with E-state index in [9.17, 15) is 23.5 Å². The molecular weight excluding hydrogens is 434 g/mol. The van der Waals surface area contributed by atoms with Crippen molar-refractivity contribution in [3.63, 3.8) is 0 Å². The van der Waals surface area contributed by atoms with Crippen LogP contribution in [-0.2, 0) is 32.9 Å². The van der Waals surface area contributed by atoms with Crippen molar-refractivity contribution in [1.82, 2.24) is 10.2 Å². The first-order valence-corrected chi connectivity index (χ1v) is 15.2. The summed E-state index contributed by atoms with van der Waals surface area (Å²) in [5.41, 5.74) is -0.957. The standard InChI is InChI=1S/C18H36N2O8P2/c1-7-26-15(21)9-11-20(12-10-16(22)27-8-2)13-14-28-17(23)19-18(29(3,4)24)30(5,6)25/h18H,7-14H2,1-6H3,(H,19,23). The molecule has 176 valence electrons. The number of nitrogens with one attached hydrogen (secondary N) is 1. The highest BCUT2D eigenvalue weighted by Gasteiger charge is 2.35. The van der Waals surface area contributed by atoms with E-state index in [0.29, 0.717) is 13.1 Å². The molecule has 1 N–H and O–H groups in total. The molecule has 0 saturated carbocycles. The van der Waals surface area contributed by atoms with Gasteiger partial charge in [0.2, 0.25) is 0 Å². The van der Waals surface area contributed by atoms with Crippen LogP contribution in [0.2, 0.25) is 0 Å². The van der Waals surface area contributed by atoms with E-state index < -0.39 is 25.9 Å². The summed E-state index contributed by atoms with van der Waals surface area (Å²) in [5.74, 6) is -0.716. The Labute approximate surface area is 179 Å². The van der Waals surface area contributed by atoms with E-state index in [1.807, 2.05) is 0 Å². The highest BCUT2D eigenvalue weighted by Crippen LogP contribution is 2.59. The lowest BCUT2D eigenvalue weighted by Crippen LogP contribution is -2.37. The highest BCUT2D eigenvalue weighted by atomic mass is 31.2. The Morgan fingerprint density at radius 3 is 1.60 bits per heavy atom. The van der Waals surface area contributed by atoms with Crippen LogP contribution >= 0.6 is 14.3 Å². The van der Waals surface area contributed by atoms with Gasteiger partial charge in [-0.2, -0.15) is 0 Å². The largest absolute Gasteiger partial charge is 0.466 e. The van der Waals surface area contributed by atoms with Crippen molar-refractivity contribution in [3.05, 3.63) is 0 Å². The smallest absolute Gasteiger partial charge is 0.408 e. The van der Waals surface area contributed by atoms with E-state index in [-0.39, 0.29) is 51.1 Å². The number of carbonyl (C=O) groups is 3. The molecule has 0 aliphatic heterocycles. The SMILES string of the molecule is CCOC(=O)CCN(CCOC(=O)NC(P(C)(C)=O)P(C)(C)=O)CCC(=O)OCC. The Morgan fingerprint density at radius 2 is 1.23 bits per heavy atom. The summed E-state index contributed by atoms with van der Waals surface area (Å²) < 4.78 is 39.6. The fourth-order valence-electron chi connectivity index (χ4n) is 2.70. The van der Waals surface area contributed by atoms with Crippen molar-refractivity contribution in [1.29, 1.82) is 0 Å². The van der Waals surface area contributed by atoms with Gasteiger partial charge in [0.25, 0.3) is 0 Å². The number of carbonyl (C=O) groups excluding carboxylic acids is 3. The van der Waals surface area contributed by atoms with Gasteiger partial charge in [-0.3, -0.25) is 14.5 Å². The van der Waals surface area contributed by atoms with E-state index in [1.54, 1.807) is 18.7 Å². The molecule has 0 aromatic heterocycles. The van der Waals surface area contributed by atoms with Crippen molar-refractivity contribution in [2.24, 2.45) is 0 Å². The van der Waals surface area contributed by atoms with Gasteiger partial charge in [-0.1, -0.05) is 0 Å². The lowest BCUT2D eigenvalue weighted by atomic mass is 10.3. The number of amides is 1. The van der Waals surface area contributed by atoms with Crippen LogP contribution in [0.25, 0.3) is 0 Å². The topological polar surface area (TPSA) is 128 Å². The molecule has 0 saturated heterocycles. The molecule has 1 amide bonds. The Morgan fingerprint density at radius 1 is 0.800 bits per heavy atom. The molecule has 10 nitrogen and oxygen atoms in total. The Bertz CT molecular complexity index is 615. The van der Waals surface area contributed by atoms with Gasteiger partial charge in [0.1, 0.15) is 26.4 Å². The highest BCUT2D eigenvalue weighted by molar-refractivity contribution is 7.80. The maximum absolute atomic E-state index is 12.3. The van der Waals surface area contributed by atoms with Crippen molar-refractivity contribution >= 4 is 32.3 Å². The molecule has 0 atom stereocenters. The fraction of sp³-hybridized carbons (Fsp3) is 0.833. The lowest BCUT2D eigenvalue weighted by molar-refractivity contribution is -0.143. The average molecular weight is 470 g/mol. The first-order chi connectivity index (χ1) is 13.8. The molecule has 0 rings (SSSR count). The number of hydrogen-bond donors (Lipinski definition) is 1. The van der Waals surface area contributed by atoms with Gasteiger partial charge in [-0.15, -0.1) is 0 Å². The van der Waals surface area contributed by atoms with Gasteiger partial charge in [-0.25, -0.2) is 4.79 Å². The van der Waals surface area contributed by atoms with Crippen LogP contribution in [0.4, 0.5) is 4.79 Å². The maximum Gasteiger partial charge on any atom is 0.408 e. The van der Waals surface area contributed by atoms with E-state index in [1.165, 1.54) is 26.7 Å². The third-order valence-electron chi connectivity index (χ3n) is 3.94. The Kier molecular flexibility index (Phi) is 13.2. The molecule has 0 aliphatic carbocycles. The number of ether oxygens (including phenoxy) is 3. The van der Waals surface area contributed by atoms with Crippen LogP contribution in [0, 0.1) is 0 Å². The summed E-state index contributed by atoms with van der Waals surface area (Å²) in [6, 6.07) is 0. The number of rotatable bonds is 14. The zero-order valence-corrected chi connectivity index (χ0v) is 20.6. The van der Waals surface area contributed by atoms with Crippen LogP contribution in [0.1, 0.15) is 26.7 Å². The first-order valence-electron chi connectivity index (χ1n) is 9.87. The van der Waals surface area contributed by atoms with Crippen LogP contribution in [-0.4, -0.2) is 94.6 Å². The Balaban J connectivity index is 4.73. The number of nitrogens with zero attached hydrogens (tertiary/aromatic N) is 1. The van der Waals surface area contributed by atoms with Crippen LogP contribution < -0.4 is 5.32 Å². The predicted octanol–water partition coefficient (Wildman–Crippen LogP) is 2.45. The third-order valence-corrected chi connectivity index (χ3v) is 9.89. The first kappa shape index (κ1) is 28.6. The van der Waals surface area contributed by atoms with Gasteiger partial charge >= 0.3 is 18.0 Å². The molecule has 0 fully saturated rings. The van der Waals surface area contributed by atoms with Gasteiger partial charge in [0.05, 0.1) is 26.1 Å². The molecule has 0 aliphatic rings. The van der Waals surface area contributed by atoms with Gasteiger partial charge in [0.15, 0.2) is 0 Å². The second-order valence-electron chi connectivity index (χ2n) is 7.47. The molecule has 12 heteroatoms. The second kappa shape index (κ2) is 13.8. The minimum atomic E-state index is -2.85. The minimum Gasteiger partial charge on any atom is -0.466 e.